The number of nitrogens with zero attached hydrogens (tertiary/aromatic N) is 1. The van der Waals surface area contributed by atoms with E-state index in [0.717, 1.165) is 10.7 Å². The molecule has 0 aliphatic carbocycles. The molecular weight excluding hydrogens is 342 g/mol. The Bertz CT molecular complexity index is 487. The van der Waals surface area contributed by atoms with Crippen LogP contribution >= 0.6 is 31.9 Å². The number of alkyl halides is 2. The number of aromatic nitrogens is 1. The van der Waals surface area contributed by atoms with E-state index >= 15 is 0 Å². The van der Waals surface area contributed by atoms with Gasteiger partial charge in [0.2, 0.25) is 0 Å². The highest BCUT2D eigenvalue weighted by atomic mass is 79.9. The molecule has 0 radical (unpaired) electrons. The van der Waals surface area contributed by atoms with Crippen molar-refractivity contribution in [3.05, 3.63) is 52.8 Å². The normalized spacial score (nSPS) is 10.8. The zero-order chi connectivity index (χ0) is 12.4. The second-order valence-corrected chi connectivity index (χ2v) is 5.35. The van der Waals surface area contributed by atoms with E-state index in [-0.39, 0.29) is 0 Å². The van der Waals surface area contributed by atoms with Gasteiger partial charge in [-0.05, 0) is 49.2 Å². The maximum absolute atomic E-state index is 3.53. The molecule has 90 valence electrons. The Morgan fingerprint density at radius 2 is 1.35 bits per heavy atom. The van der Waals surface area contributed by atoms with Crippen molar-refractivity contribution in [2.75, 3.05) is 0 Å². The van der Waals surface area contributed by atoms with Gasteiger partial charge < -0.3 is 4.57 Å². The number of rotatable bonds is 3. The van der Waals surface area contributed by atoms with Crippen LogP contribution in [-0.2, 0) is 10.7 Å². The number of halogens is 2. The Morgan fingerprint density at radius 1 is 0.882 bits per heavy atom. The highest BCUT2D eigenvalue weighted by molar-refractivity contribution is 9.08. The van der Waals surface area contributed by atoms with Gasteiger partial charge in [-0.1, -0.05) is 37.9 Å². The first-order valence-corrected chi connectivity index (χ1v) is 7.80. The van der Waals surface area contributed by atoms with E-state index in [1.54, 1.807) is 0 Å². The van der Waals surface area contributed by atoms with Gasteiger partial charge in [0.1, 0.15) is 0 Å². The van der Waals surface area contributed by atoms with Crippen LogP contribution in [-0.4, -0.2) is 4.57 Å². The molecule has 0 spiro atoms. The summed E-state index contributed by atoms with van der Waals surface area (Å²) in [5.74, 6) is 0. The quantitative estimate of drug-likeness (QED) is 0.690. The average Bonchev–Trinajstić information content (AvgIpc) is 2.68. The molecule has 17 heavy (non-hydrogen) atoms. The fourth-order valence-electron chi connectivity index (χ4n) is 2.10. The van der Waals surface area contributed by atoms with Crippen LogP contribution in [0.5, 0.6) is 0 Å². The molecule has 0 N–H and O–H groups in total. The summed E-state index contributed by atoms with van der Waals surface area (Å²) in [4.78, 5) is 0. The molecular formula is C14H15Br2N. The Balaban J connectivity index is 2.58. The lowest BCUT2D eigenvalue weighted by Crippen LogP contribution is -2.00. The van der Waals surface area contributed by atoms with E-state index in [0.29, 0.717) is 0 Å². The molecule has 0 unspecified atom stereocenters. The Labute approximate surface area is 119 Å². The van der Waals surface area contributed by atoms with Crippen LogP contribution in [0.3, 0.4) is 0 Å². The lowest BCUT2D eigenvalue weighted by Gasteiger charge is -2.12. The van der Waals surface area contributed by atoms with Crippen LogP contribution < -0.4 is 0 Å². The highest BCUT2D eigenvalue weighted by Crippen LogP contribution is 2.22. The van der Waals surface area contributed by atoms with Crippen molar-refractivity contribution in [3.8, 4) is 5.69 Å². The first-order chi connectivity index (χ1) is 8.15. The van der Waals surface area contributed by atoms with Gasteiger partial charge in [-0.15, -0.1) is 0 Å². The predicted molar refractivity (Wildman–Crippen MR) is 80.5 cm³/mol. The lowest BCUT2D eigenvalue weighted by molar-refractivity contribution is 0.961. The third-order valence-electron chi connectivity index (χ3n) is 2.88. The first-order valence-electron chi connectivity index (χ1n) is 5.56. The summed E-state index contributed by atoms with van der Waals surface area (Å²) in [6.07, 6.45) is 0. The van der Waals surface area contributed by atoms with Crippen molar-refractivity contribution >= 4 is 31.9 Å². The molecule has 0 atom stereocenters. The van der Waals surface area contributed by atoms with Crippen LogP contribution in [0.1, 0.15) is 22.5 Å². The molecule has 2 aromatic rings. The zero-order valence-electron chi connectivity index (χ0n) is 10.0. The fourth-order valence-corrected chi connectivity index (χ4v) is 2.75. The van der Waals surface area contributed by atoms with Crippen LogP contribution in [0.2, 0.25) is 0 Å². The molecule has 0 fully saturated rings. The topological polar surface area (TPSA) is 4.93 Å². The number of hydrogen-bond donors (Lipinski definition) is 0. The first kappa shape index (κ1) is 12.9. The molecule has 1 aromatic heterocycles. The molecule has 0 amide bonds. The van der Waals surface area contributed by atoms with Gasteiger partial charge in [0.05, 0.1) is 0 Å². The maximum atomic E-state index is 3.53. The minimum absolute atomic E-state index is 0.889. The third-order valence-corrected chi connectivity index (χ3v) is 4.17. The molecule has 1 heterocycles. The van der Waals surface area contributed by atoms with Gasteiger partial charge in [-0.2, -0.15) is 0 Å². The summed E-state index contributed by atoms with van der Waals surface area (Å²) in [6.45, 7) is 4.28. The maximum Gasteiger partial charge on any atom is 0.0461 e. The Morgan fingerprint density at radius 3 is 1.76 bits per heavy atom. The highest BCUT2D eigenvalue weighted by Gasteiger charge is 2.06. The lowest BCUT2D eigenvalue weighted by atomic mass is 10.1. The number of aryl methyl sites for hydroxylation is 2. The van der Waals surface area contributed by atoms with E-state index in [1.165, 1.54) is 28.2 Å². The van der Waals surface area contributed by atoms with Crippen LogP contribution in [0.25, 0.3) is 5.69 Å². The SMILES string of the molecule is Cc1ccc(C)n1-c1cc(CBr)cc(CBr)c1. The van der Waals surface area contributed by atoms with Crippen molar-refractivity contribution < 1.29 is 0 Å². The van der Waals surface area contributed by atoms with Crippen molar-refractivity contribution in [3.63, 3.8) is 0 Å². The standard InChI is InChI=1S/C14H15Br2N/c1-10-3-4-11(2)17(10)14-6-12(8-15)5-13(7-14)9-16/h3-7H,8-9H2,1-2H3. The summed E-state index contributed by atoms with van der Waals surface area (Å²) in [7, 11) is 0. The van der Waals surface area contributed by atoms with E-state index in [4.69, 9.17) is 0 Å². The van der Waals surface area contributed by atoms with Gasteiger partial charge in [-0.25, -0.2) is 0 Å². The van der Waals surface area contributed by atoms with Crippen molar-refractivity contribution in [2.45, 2.75) is 24.5 Å². The number of benzene rings is 1. The largest absolute Gasteiger partial charge is 0.319 e. The zero-order valence-corrected chi connectivity index (χ0v) is 13.2. The van der Waals surface area contributed by atoms with Crippen LogP contribution in [0, 0.1) is 13.8 Å². The molecule has 1 aromatic carbocycles. The smallest absolute Gasteiger partial charge is 0.0461 e. The molecule has 0 aliphatic rings. The van der Waals surface area contributed by atoms with Crippen LogP contribution in [0.15, 0.2) is 30.3 Å². The monoisotopic (exact) mass is 355 g/mol. The molecule has 0 saturated carbocycles. The Kier molecular flexibility index (Phi) is 4.10. The van der Waals surface area contributed by atoms with E-state index in [9.17, 15) is 0 Å². The summed E-state index contributed by atoms with van der Waals surface area (Å²) in [5.41, 5.74) is 6.41. The summed E-state index contributed by atoms with van der Waals surface area (Å²) in [6, 6.07) is 11.0. The fraction of sp³-hybridized carbons (Fsp3) is 0.286. The van der Waals surface area contributed by atoms with E-state index in [2.05, 4.69) is 80.6 Å². The third kappa shape index (κ3) is 2.66. The second-order valence-electron chi connectivity index (χ2n) is 4.23. The summed E-state index contributed by atoms with van der Waals surface area (Å²) < 4.78 is 2.29. The van der Waals surface area contributed by atoms with Crippen LogP contribution in [0.4, 0.5) is 0 Å². The molecule has 1 nitrogen and oxygen atoms in total. The molecule has 0 saturated heterocycles. The van der Waals surface area contributed by atoms with Gasteiger partial charge in [0, 0.05) is 27.7 Å². The van der Waals surface area contributed by atoms with Gasteiger partial charge in [0.25, 0.3) is 0 Å². The van der Waals surface area contributed by atoms with Gasteiger partial charge >= 0.3 is 0 Å². The molecule has 0 aliphatic heterocycles. The summed E-state index contributed by atoms with van der Waals surface area (Å²) in [5, 5.41) is 1.78. The summed E-state index contributed by atoms with van der Waals surface area (Å²) >= 11 is 7.06. The molecule has 2 rings (SSSR count). The van der Waals surface area contributed by atoms with Gasteiger partial charge in [0.15, 0.2) is 0 Å². The van der Waals surface area contributed by atoms with E-state index in [1.807, 2.05) is 0 Å². The number of hydrogen-bond acceptors (Lipinski definition) is 0. The Hall–Kier alpha value is -0.540. The molecule has 3 heteroatoms. The predicted octanol–water partition coefficient (Wildman–Crippen LogP) is 4.88. The van der Waals surface area contributed by atoms with Crippen molar-refractivity contribution in [2.24, 2.45) is 0 Å². The average molecular weight is 357 g/mol. The van der Waals surface area contributed by atoms with Gasteiger partial charge in [-0.3, -0.25) is 0 Å². The van der Waals surface area contributed by atoms with Crippen molar-refractivity contribution in [1.82, 2.24) is 4.57 Å². The second kappa shape index (κ2) is 5.40. The molecule has 0 bridgehead atoms. The van der Waals surface area contributed by atoms with Crippen molar-refractivity contribution in [1.29, 1.82) is 0 Å². The minimum atomic E-state index is 0.889. The van der Waals surface area contributed by atoms with E-state index < -0.39 is 0 Å². The minimum Gasteiger partial charge on any atom is -0.319 e.